The summed E-state index contributed by atoms with van der Waals surface area (Å²) < 4.78 is 0. The lowest BCUT2D eigenvalue weighted by molar-refractivity contribution is 0.0996. The summed E-state index contributed by atoms with van der Waals surface area (Å²) >= 11 is 11.7. The van der Waals surface area contributed by atoms with Crippen molar-refractivity contribution >= 4 is 34.8 Å². The van der Waals surface area contributed by atoms with Gasteiger partial charge in [-0.3, -0.25) is 4.79 Å². The highest BCUT2D eigenvalue weighted by atomic mass is 35.5. The number of rotatable bonds is 7. The van der Waals surface area contributed by atoms with Crippen LogP contribution >= 0.6 is 23.2 Å². The van der Waals surface area contributed by atoms with Crippen molar-refractivity contribution in [3.8, 4) is 11.3 Å². The van der Waals surface area contributed by atoms with Crippen LogP contribution in [0.1, 0.15) is 16.1 Å². The fourth-order valence-electron chi connectivity index (χ4n) is 2.27. The van der Waals surface area contributed by atoms with Gasteiger partial charge in [0.25, 0.3) is 5.91 Å². The SMILES string of the molecule is Cc1cc(N(CCCl)CCCl)ccc1-c1n[nH]nc1C(N)=O. The number of nitrogens with zero attached hydrogens (tertiary/aromatic N) is 3. The van der Waals surface area contributed by atoms with Crippen LogP contribution in [-0.2, 0) is 0 Å². The topological polar surface area (TPSA) is 87.9 Å². The van der Waals surface area contributed by atoms with Gasteiger partial charge in [0.15, 0.2) is 5.69 Å². The van der Waals surface area contributed by atoms with Gasteiger partial charge in [-0.15, -0.1) is 23.2 Å². The number of halogens is 2. The molecule has 22 heavy (non-hydrogen) atoms. The van der Waals surface area contributed by atoms with Gasteiger partial charge in [-0.25, -0.2) is 0 Å². The molecule has 2 rings (SSSR count). The molecular weight excluding hydrogens is 325 g/mol. The van der Waals surface area contributed by atoms with Crippen molar-refractivity contribution in [2.24, 2.45) is 5.73 Å². The molecule has 1 amide bonds. The number of hydrogen-bond acceptors (Lipinski definition) is 4. The van der Waals surface area contributed by atoms with Gasteiger partial charge in [0.1, 0.15) is 5.69 Å². The van der Waals surface area contributed by atoms with E-state index in [0.717, 1.165) is 16.8 Å². The lowest BCUT2D eigenvalue weighted by Gasteiger charge is -2.23. The molecule has 6 nitrogen and oxygen atoms in total. The van der Waals surface area contributed by atoms with Crippen molar-refractivity contribution in [1.82, 2.24) is 15.4 Å². The second-order valence-electron chi connectivity index (χ2n) is 4.75. The number of amides is 1. The number of aryl methyl sites for hydroxylation is 1. The smallest absolute Gasteiger partial charge is 0.271 e. The van der Waals surface area contributed by atoms with E-state index in [-0.39, 0.29) is 5.69 Å². The number of aromatic nitrogens is 3. The van der Waals surface area contributed by atoms with Gasteiger partial charge in [0, 0.05) is 36.1 Å². The Balaban J connectivity index is 2.37. The predicted octanol–water partition coefficient (Wildman–Crippen LogP) is 2.16. The zero-order chi connectivity index (χ0) is 16.1. The van der Waals surface area contributed by atoms with Gasteiger partial charge in [-0.2, -0.15) is 15.4 Å². The highest BCUT2D eigenvalue weighted by Crippen LogP contribution is 2.27. The maximum Gasteiger partial charge on any atom is 0.271 e. The van der Waals surface area contributed by atoms with Crippen LogP contribution < -0.4 is 10.6 Å². The Morgan fingerprint density at radius 2 is 1.95 bits per heavy atom. The summed E-state index contributed by atoms with van der Waals surface area (Å²) in [5.41, 5.74) is 8.68. The van der Waals surface area contributed by atoms with Gasteiger partial charge in [0.2, 0.25) is 0 Å². The minimum absolute atomic E-state index is 0.134. The van der Waals surface area contributed by atoms with Crippen molar-refractivity contribution in [3.63, 3.8) is 0 Å². The average molecular weight is 342 g/mol. The number of primary amides is 1. The van der Waals surface area contributed by atoms with Gasteiger partial charge in [0.05, 0.1) is 0 Å². The minimum atomic E-state index is -0.613. The quantitative estimate of drug-likeness (QED) is 0.755. The average Bonchev–Trinajstić information content (AvgIpc) is 2.96. The Morgan fingerprint density at radius 3 is 2.50 bits per heavy atom. The number of aromatic amines is 1. The molecule has 0 aliphatic carbocycles. The second-order valence-corrected chi connectivity index (χ2v) is 5.51. The van der Waals surface area contributed by atoms with Gasteiger partial charge in [-0.1, -0.05) is 6.07 Å². The van der Waals surface area contributed by atoms with E-state index in [1.807, 2.05) is 25.1 Å². The van der Waals surface area contributed by atoms with Crippen LogP contribution in [-0.4, -0.2) is 46.2 Å². The van der Waals surface area contributed by atoms with Crippen LogP contribution in [0.3, 0.4) is 0 Å². The number of nitrogens with two attached hydrogens (primary N) is 1. The highest BCUT2D eigenvalue weighted by molar-refractivity contribution is 6.18. The molecule has 0 spiro atoms. The third-order valence-corrected chi connectivity index (χ3v) is 3.66. The van der Waals surface area contributed by atoms with E-state index >= 15 is 0 Å². The maximum atomic E-state index is 11.4. The molecule has 0 aliphatic rings. The van der Waals surface area contributed by atoms with Crippen LogP contribution in [0.4, 0.5) is 5.69 Å². The van der Waals surface area contributed by atoms with Crippen LogP contribution in [0.2, 0.25) is 0 Å². The first-order chi connectivity index (χ1) is 10.6. The molecule has 0 fully saturated rings. The molecule has 0 aliphatic heterocycles. The van der Waals surface area contributed by atoms with Crippen LogP contribution in [0, 0.1) is 6.92 Å². The summed E-state index contributed by atoms with van der Waals surface area (Å²) in [6, 6.07) is 5.85. The molecule has 1 heterocycles. The van der Waals surface area contributed by atoms with E-state index < -0.39 is 5.91 Å². The Labute approximate surface area is 138 Å². The van der Waals surface area contributed by atoms with E-state index in [1.54, 1.807) is 0 Å². The Morgan fingerprint density at radius 1 is 1.27 bits per heavy atom. The first-order valence-electron chi connectivity index (χ1n) is 6.77. The van der Waals surface area contributed by atoms with Crippen molar-refractivity contribution in [2.75, 3.05) is 29.7 Å². The number of anilines is 1. The lowest BCUT2D eigenvalue weighted by Crippen LogP contribution is -2.27. The summed E-state index contributed by atoms with van der Waals surface area (Å²) in [5, 5.41) is 10.3. The molecule has 1 aromatic heterocycles. The number of carbonyl (C=O) groups is 1. The molecule has 8 heteroatoms. The van der Waals surface area contributed by atoms with Crippen LogP contribution in [0.25, 0.3) is 11.3 Å². The number of carbonyl (C=O) groups excluding carboxylic acids is 1. The van der Waals surface area contributed by atoms with Crippen molar-refractivity contribution < 1.29 is 4.79 Å². The van der Waals surface area contributed by atoms with Crippen molar-refractivity contribution in [3.05, 3.63) is 29.5 Å². The fourth-order valence-corrected chi connectivity index (χ4v) is 2.68. The van der Waals surface area contributed by atoms with Crippen molar-refractivity contribution in [2.45, 2.75) is 6.92 Å². The number of nitrogens with one attached hydrogen (secondary N) is 1. The Bertz CT molecular complexity index is 652. The first-order valence-corrected chi connectivity index (χ1v) is 7.83. The minimum Gasteiger partial charge on any atom is -0.369 e. The third kappa shape index (κ3) is 3.51. The first kappa shape index (κ1) is 16.6. The van der Waals surface area contributed by atoms with Gasteiger partial charge in [-0.05, 0) is 24.6 Å². The normalized spacial score (nSPS) is 10.7. The Kier molecular flexibility index (Phi) is 5.63. The Hall–Kier alpha value is -1.79. The van der Waals surface area contributed by atoms with Gasteiger partial charge < -0.3 is 10.6 Å². The highest BCUT2D eigenvalue weighted by Gasteiger charge is 2.17. The number of hydrogen-bond donors (Lipinski definition) is 2. The maximum absolute atomic E-state index is 11.4. The summed E-state index contributed by atoms with van der Waals surface area (Å²) in [4.78, 5) is 13.5. The number of alkyl halides is 2. The number of H-pyrrole nitrogens is 1. The molecule has 0 bridgehead atoms. The zero-order valence-electron chi connectivity index (χ0n) is 12.1. The third-order valence-electron chi connectivity index (χ3n) is 3.32. The van der Waals surface area contributed by atoms with Crippen LogP contribution in [0.15, 0.2) is 18.2 Å². The van der Waals surface area contributed by atoms with Crippen molar-refractivity contribution in [1.29, 1.82) is 0 Å². The summed E-state index contributed by atoms with van der Waals surface area (Å²) in [6.07, 6.45) is 0. The summed E-state index contributed by atoms with van der Waals surface area (Å²) in [6.45, 7) is 3.37. The summed E-state index contributed by atoms with van der Waals surface area (Å²) in [5.74, 6) is 0.428. The molecule has 3 N–H and O–H groups in total. The molecule has 0 saturated heterocycles. The largest absolute Gasteiger partial charge is 0.369 e. The molecular formula is C14H17Cl2N5O. The monoisotopic (exact) mass is 341 g/mol. The molecule has 0 radical (unpaired) electrons. The molecule has 0 atom stereocenters. The fraction of sp³-hybridized carbons (Fsp3) is 0.357. The molecule has 2 aromatic rings. The lowest BCUT2D eigenvalue weighted by atomic mass is 10.0. The van der Waals surface area contributed by atoms with E-state index in [4.69, 9.17) is 28.9 Å². The van der Waals surface area contributed by atoms with E-state index in [9.17, 15) is 4.79 Å². The summed E-state index contributed by atoms with van der Waals surface area (Å²) in [7, 11) is 0. The molecule has 0 saturated carbocycles. The van der Waals surface area contributed by atoms with Gasteiger partial charge >= 0.3 is 0 Å². The van der Waals surface area contributed by atoms with E-state index in [0.29, 0.717) is 30.5 Å². The molecule has 118 valence electrons. The van der Waals surface area contributed by atoms with E-state index in [2.05, 4.69) is 20.3 Å². The standard InChI is InChI=1S/C14H17Cl2N5O/c1-9-8-10(21(6-4-15)7-5-16)2-3-11(9)12-13(14(17)22)19-20-18-12/h2-3,8H,4-7H2,1H3,(H2,17,22)(H,18,19,20). The predicted molar refractivity (Wildman–Crippen MR) is 88.7 cm³/mol. The zero-order valence-corrected chi connectivity index (χ0v) is 13.7. The van der Waals surface area contributed by atoms with Crippen LogP contribution in [0.5, 0.6) is 0 Å². The molecule has 0 unspecified atom stereocenters. The second kappa shape index (κ2) is 7.47. The molecule has 1 aromatic carbocycles. The van der Waals surface area contributed by atoms with E-state index in [1.165, 1.54) is 0 Å². The number of benzene rings is 1.